The van der Waals surface area contributed by atoms with Gasteiger partial charge >= 0.3 is 0 Å². The van der Waals surface area contributed by atoms with Gasteiger partial charge in [0.05, 0.1) is 37.0 Å². The third kappa shape index (κ3) is 4.70. The zero-order valence-corrected chi connectivity index (χ0v) is 19.1. The number of hydrogen-bond acceptors (Lipinski definition) is 7. The molecule has 0 amide bonds. The van der Waals surface area contributed by atoms with Crippen LogP contribution in [0.4, 0.5) is 4.39 Å². The number of aldehydes is 1. The summed E-state index contributed by atoms with van der Waals surface area (Å²) in [7, 11) is 1.77. The first-order valence-corrected chi connectivity index (χ1v) is 11.4. The number of allylic oxidation sites excluding steroid dienone is 3. The molecule has 182 valence electrons. The summed E-state index contributed by atoms with van der Waals surface area (Å²) in [6.45, 7) is 1.06. The quantitative estimate of drug-likeness (QED) is 0.259. The van der Waals surface area contributed by atoms with Gasteiger partial charge < -0.3 is 29.6 Å². The second-order valence-electron chi connectivity index (χ2n) is 8.58. The van der Waals surface area contributed by atoms with Crippen LogP contribution in [0.15, 0.2) is 54.8 Å². The molecule has 0 aliphatic carbocycles. The SMILES string of the molecule is CN/C=C\C=C(/C=O)c1ccc(-c2nc3cc(OCC4CO[C@@H]5C(O)CO[C@H]45)[nH]c3cc2F)cc1. The molecule has 8 nitrogen and oxygen atoms in total. The summed E-state index contributed by atoms with van der Waals surface area (Å²) in [5.41, 5.74) is 3.13. The summed E-state index contributed by atoms with van der Waals surface area (Å²) in [5, 5.41) is 12.7. The molecule has 2 unspecified atom stereocenters. The van der Waals surface area contributed by atoms with Crippen molar-refractivity contribution in [1.82, 2.24) is 15.3 Å². The fourth-order valence-corrected chi connectivity index (χ4v) is 4.46. The number of carbonyl (C=O) groups excluding carboxylic acids is 1. The molecule has 1 aromatic carbocycles. The average molecular weight is 480 g/mol. The third-order valence-electron chi connectivity index (χ3n) is 6.27. The summed E-state index contributed by atoms with van der Waals surface area (Å²) in [5.74, 6) is 0.000258. The number of rotatable bonds is 8. The molecule has 0 spiro atoms. The fraction of sp³-hybridized carbons (Fsp3) is 0.308. The van der Waals surface area contributed by atoms with Crippen LogP contribution >= 0.6 is 0 Å². The Morgan fingerprint density at radius 1 is 1.26 bits per heavy atom. The summed E-state index contributed by atoms with van der Waals surface area (Å²) >= 11 is 0. The van der Waals surface area contributed by atoms with Crippen molar-refractivity contribution >= 4 is 22.9 Å². The molecule has 2 aromatic heterocycles. The van der Waals surface area contributed by atoms with Gasteiger partial charge in [0.2, 0.25) is 0 Å². The Kier molecular flexibility index (Phi) is 6.63. The number of hydrogen-bond donors (Lipinski definition) is 3. The zero-order chi connectivity index (χ0) is 24.4. The van der Waals surface area contributed by atoms with Crippen LogP contribution in [0.3, 0.4) is 0 Å². The number of aromatic nitrogens is 2. The fourth-order valence-electron chi connectivity index (χ4n) is 4.46. The first-order valence-electron chi connectivity index (χ1n) is 11.4. The second-order valence-corrected chi connectivity index (χ2v) is 8.58. The number of fused-ring (bicyclic) bond motifs is 2. The number of ether oxygens (including phenoxy) is 3. The summed E-state index contributed by atoms with van der Waals surface area (Å²) in [4.78, 5) is 19.0. The van der Waals surface area contributed by atoms with E-state index < -0.39 is 11.9 Å². The van der Waals surface area contributed by atoms with E-state index >= 15 is 0 Å². The van der Waals surface area contributed by atoms with Crippen molar-refractivity contribution in [2.24, 2.45) is 5.92 Å². The summed E-state index contributed by atoms with van der Waals surface area (Å²) in [6, 6.07) is 10.1. The van der Waals surface area contributed by atoms with Crippen molar-refractivity contribution in [3.8, 4) is 17.1 Å². The number of carbonyl (C=O) groups is 1. The highest BCUT2D eigenvalue weighted by atomic mass is 19.1. The Morgan fingerprint density at radius 2 is 2.06 bits per heavy atom. The highest BCUT2D eigenvalue weighted by Gasteiger charge is 2.47. The monoisotopic (exact) mass is 479 g/mol. The maximum Gasteiger partial charge on any atom is 0.193 e. The molecule has 2 saturated heterocycles. The van der Waals surface area contributed by atoms with Gasteiger partial charge in [-0.1, -0.05) is 24.3 Å². The first kappa shape index (κ1) is 23.2. The number of pyridine rings is 1. The van der Waals surface area contributed by atoms with E-state index in [1.807, 2.05) is 0 Å². The molecule has 2 fully saturated rings. The van der Waals surface area contributed by atoms with Crippen LogP contribution in [0.25, 0.3) is 27.9 Å². The second kappa shape index (κ2) is 9.99. The van der Waals surface area contributed by atoms with Gasteiger partial charge in [0.1, 0.15) is 17.9 Å². The Labute approximate surface area is 201 Å². The number of H-pyrrole nitrogens is 1. The van der Waals surface area contributed by atoms with Crippen molar-refractivity contribution in [3.63, 3.8) is 0 Å². The van der Waals surface area contributed by atoms with Gasteiger partial charge in [0, 0.05) is 36.2 Å². The lowest BCUT2D eigenvalue weighted by molar-refractivity contribution is -0.103. The number of halogens is 1. The molecule has 2 aliphatic heterocycles. The van der Waals surface area contributed by atoms with Crippen LogP contribution in [-0.4, -0.2) is 66.5 Å². The highest BCUT2D eigenvalue weighted by Crippen LogP contribution is 2.32. The van der Waals surface area contributed by atoms with E-state index in [-0.39, 0.29) is 30.4 Å². The molecule has 3 aromatic rings. The first-order chi connectivity index (χ1) is 17.1. The Hall–Kier alpha value is -3.53. The zero-order valence-electron chi connectivity index (χ0n) is 19.1. The van der Waals surface area contributed by atoms with Gasteiger partial charge in [-0.25, -0.2) is 9.37 Å². The Balaban J connectivity index is 1.32. The van der Waals surface area contributed by atoms with Crippen LogP contribution in [0.2, 0.25) is 0 Å². The normalized spacial score (nSPS) is 24.3. The molecule has 4 heterocycles. The van der Waals surface area contributed by atoms with Gasteiger partial charge in [-0.15, -0.1) is 0 Å². The van der Waals surface area contributed by atoms with E-state index in [1.54, 1.807) is 55.7 Å². The number of aliphatic hydroxyl groups excluding tert-OH is 1. The standard InChI is InChI=1S/C26H26FN3O5/c1-28-8-2-3-17(11-31)15-4-6-16(7-5-15)24-19(27)9-20-21(30-24)10-23(29-20)33-12-18-13-34-26-22(32)14-35-25(18)26/h2-11,18,22,25-26,28-29,32H,12-14H2,1H3/b8-2-,17-3+/t18?,22?,25-,26-/m1/s1. The molecule has 3 N–H and O–H groups in total. The summed E-state index contributed by atoms with van der Waals surface area (Å²) < 4.78 is 32.0. The van der Waals surface area contributed by atoms with Crippen LogP contribution < -0.4 is 10.1 Å². The smallest absolute Gasteiger partial charge is 0.193 e. The van der Waals surface area contributed by atoms with Gasteiger partial charge in [-0.05, 0) is 23.9 Å². The van der Waals surface area contributed by atoms with Crippen LogP contribution in [0.5, 0.6) is 5.88 Å². The topological polar surface area (TPSA) is 106 Å². The van der Waals surface area contributed by atoms with E-state index in [9.17, 15) is 14.3 Å². The van der Waals surface area contributed by atoms with Crippen molar-refractivity contribution < 1.29 is 28.5 Å². The maximum absolute atomic E-state index is 14.9. The lowest BCUT2D eigenvalue weighted by atomic mass is 10.0. The van der Waals surface area contributed by atoms with Gasteiger partial charge in [0.25, 0.3) is 0 Å². The van der Waals surface area contributed by atoms with Gasteiger partial charge in [0.15, 0.2) is 18.0 Å². The lowest BCUT2D eigenvalue weighted by Gasteiger charge is -2.15. The molecular formula is C26H26FN3O5. The number of benzene rings is 1. The molecule has 0 bridgehead atoms. The van der Waals surface area contributed by atoms with E-state index in [1.165, 1.54) is 6.07 Å². The van der Waals surface area contributed by atoms with Crippen molar-refractivity contribution in [3.05, 3.63) is 66.1 Å². The number of aromatic amines is 1. The third-order valence-corrected chi connectivity index (χ3v) is 6.27. The Morgan fingerprint density at radius 3 is 2.83 bits per heavy atom. The van der Waals surface area contributed by atoms with Crippen molar-refractivity contribution in [2.75, 3.05) is 26.9 Å². The predicted octanol–water partition coefficient (Wildman–Crippen LogP) is 2.84. The molecule has 4 atom stereocenters. The summed E-state index contributed by atoms with van der Waals surface area (Å²) in [6.07, 6.45) is 4.83. The van der Waals surface area contributed by atoms with Crippen molar-refractivity contribution in [2.45, 2.75) is 18.3 Å². The minimum atomic E-state index is -0.603. The van der Waals surface area contributed by atoms with E-state index in [0.29, 0.717) is 41.3 Å². The maximum atomic E-state index is 14.9. The molecule has 0 saturated carbocycles. The number of nitrogens with one attached hydrogen (secondary N) is 2. The van der Waals surface area contributed by atoms with E-state index in [2.05, 4.69) is 15.3 Å². The largest absolute Gasteiger partial charge is 0.478 e. The molecule has 35 heavy (non-hydrogen) atoms. The highest BCUT2D eigenvalue weighted by molar-refractivity contribution is 6.07. The predicted molar refractivity (Wildman–Crippen MR) is 128 cm³/mol. The molecule has 9 heteroatoms. The molecular weight excluding hydrogens is 453 g/mol. The van der Waals surface area contributed by atoms with Crippen LogP contribution in [0, 0.1) is 11.7 Å². The number of aliphatic hydroxyl groups is 1. The number of nitrogens with zero attached hydrogens (tertiary/aromatic N) is 1. The van der Waals surface area contributed by atoms with E-state index in [0.717, 1.165) is 11.8 Å². The van der Waals surface area contributed by atoms with E-state index in [4.69, 9.17) is 14.2 Å². The minimum absolute atomic E-state index is 0.00126. The minimum Gasteiger partial charge on any atom is -0.478 e. The lowest BCUT2D eigenvalue weighted by Crippen LogP contribution is -2.31. The molecule has 0 radical (unpaired) electrons. The van der Waals surface area contributed by atoms with Gasteiger partial charge in [-0.3, -0.25) is 4.79 Å². The van der Waals surface area contributed by atoms with Crippen molar-refractivity contribution in [1.29, 1.82) is 0 Å². The van der Waals surface area contributed by atoms with Crippen LogP contribution in [-0.2, 0) is 14.3 Å². The average Bonchev–Trinajstić information content (AvgIpc) is 3.56. The van der Waals surface area contributed by atoms with Crippen LogP contribution in [0.1, 0.15) is 5.56 Å². The van der Waals surface area contributed by atoms with Gasteiger partial charge in [-0.2, -0.15) is 0 Å². The molecule has 5 rings (SSSR count). The molecule has 2 aliphatic rings. The Bertz CT molecular complexity index is 1270.